The summed E-state index contributed by atoms with van der Waals surface area (Å²) in [5.74, 6) is -0.622. The van der Waals surface area contributed by atoms with Crippen molar-refractivity contribution in [3.63, 3.8) is 0 Å². The molecule has 0 fully saturated rings. The summed E-state index contributed by atoms with van der Waals surface area (Å²) in [6, 6.07) is 5.93. The number of anilines is 1. The number of amides is 1. The Bertz CT molecular complexity index is 1120. The number of halogens is 1. The van der Waals surface area contributed by atoms with Crippen LogP contribution in [0.4, 0.5) is 5.13 Å². The minimum atomic E-state index is -0.806. The molecule has 2 atom stereocenters. The molecule has 3 aromatic rings. The van der Waals surface area contributed by atoms with E-state index in [2.05, 4.69) is 15.4 Å². The van der Waals surface area contributed by atoms with Crippen molar-refractivity contribution in [3.8, 4) is 11.3 Å². The van der Waals surface area contributed by atoms with E-state index in [4.69, 9.17) is 11.6 Å². The summed E-state index contributed by atoms with van der Waals surface area (Å²) in [7, 11) is 1.67. The van der Waals surface area contributed by atoms with E-state index < -0.39 is 12.1 Å². The summed E-state index contributed by atoms with van der Waals surface area (Å²) in [6.07, 6.45) is -0.0429. The van der Waals surface area contributed by atoms with Crippen molar-refractivity contribution < 1.29 is 9.59 Å². The Hall–Kier alpha value is -2.59. The zero-order valence-electron chi connectivity index (χ0n) is 16.5. The summed E-state index contributed by atoms with van der Waals surface area (Å²) in [5.41, 5.74) is 2.91. The molecule has 0 spiro atoms. The van der Waals surface area contributed by atoms with Crippen molar-refractivity contribution in [2.75, 3.05) is 5.32 Å². The van der Waals surface area contributed by atoms with Crippen LogP contribution in [-0.4, -0.2) is 37.6 Å². The molecule has 2 unspecified atom stereocenters. The van der Waals surface area contributed by atoms with E-state index in [0.717, 1.165) is 16.3 Å². The van der Waals surface area contributed by atoms with Gasteiger partial charge in [-0.05, 0) is 26.0 Å². The maximum absolute atomic E-state index is 12.7. The molecule has 1 amide bonds. The van der Waals surface area contributed by atoms with Gasteiger partial charge in [0, 0.05) is 29.1 Å². The van der Waals surface area contributed by atoms with Crippen molar-refractivity contribution in [3.05, 3.63) is 56.8 Å². The van der Waals surface area contributed by atoms with Crippen molar-refractivity contribution in [2.24, 2.45) is 7.05 Å². The highest BCUT2D eigenvalue weighted by atomic mass is 35.5. The zero-order chi connectivity index (χ0) is 21.6. The van der Waals surface area contributed by atoms with Gasteiger partial charge in [-0.1, -0.05) is 23.7 Å². The molecule has 4 rings (SSSR count). The first-order chi connectivity index (χ1) is 14.3. The Morgan fingerprint density at radius 3 is 2.67 bits per heavy atom. The van der Waals surface area contributed by atoms with Gasteiger partial charge in [0.05, 0.1) is 35.1 Å². The van der Waals surface area contributed by atoms with Crippen LogP contribution in [0.2, 0.25) is 5.02 Å². The van der Waals surface area contributed by atoms with Crippen molar-refractivity contribution in [1.29, 1.82) is 0 Å². The highest BCUT2D eigenvalue weighted by Gasteiger charge is 2.36. The topological polar surface area (TPSA) is 103 Å². The molecule has 0 bridgehead atoms. The lowest BCUT2D eigenvalue weighted by Crippen LogP contribution is -2.42. The van der Waals surface area contributed by atoms with Crippen LogP contribution >= 0.6 is 22.9 Å². The van der Waals surface area contributed by atoms with E-state index in [9.17, 15) is 14.8 Å². The normalized spacial score (nSPS) is 19.0. The predicted molar refractivity (Wildman–Crippen MR) is 116 cm³/mol. The van der Waals surface area contributed by atoms with Crippen LogP contribution in [0, 0.1) is 5.21 Å². The average molecular weight is 445 g/mol. The first-order valence-electron chi connectivity index (χ1n) is 9.33. The second kappa shape index (κ2) is 7.92. The second-order valence-corrected chi connectivity index (χ2v) is 8.47. The largest absolute Gasteiger partial charge is 0.784 e. The molecule has 1 aliphatic heterocycles. The zero-order valence-corrected chi connectivity index (χ0v) is 18.1. The fourth-order valence-corrected chi connectivity index (χ4v) is 4.39. The minimum Gasteiger partial charge on any atom is -0.784 e. The monoisotopic (exact) mass is 444 g/mol. The van der Waals surface area contributed by atoms with Crippen LogP contribution in [-0.2, 0) is 18.3 Å². The van der Waals surface area contributed by atoms with Crippen LogP contribution in [0.3, 0.4) is 0 Å². The van der Waals surface area contributed by atoms with E-state index in [1.807, 2.05) is 17.5 Å². The third kappa shape index (κ3) is 3.65. The lowest BCUT2D eigenvalue weighted by molar-refractivity contribution is -0.115. The molecule has 1 aliphatic rings. The first-order valence-corrected chi connectivity index (χ1v) is 10.6. The van der Waals surface area contributed by atoms with Crippen LogP contribution < -0.4 is 5.32 Å². The van der Waals surface area contributed by atoms with Gasteiger partial charge in [-0.2, -0.15) is 5.10 Å². The second-order valence-electron chi connectivity index (χ2n) is 7.18. The molecule has 3 heterocycles. The van der Waals surface area contributed by atoms with Gasteiger partial charge in [0.15, 0.2) is 10.9 Å². The van der Waals surface area contributed by atoms with Crippen molar-refractivity contribution >= 4 is 39.8 Å². The quantitative estimate of drug-likeness (QED) is 0.656. The number of carbonyl (C=O) groups is 2. The Morgan fingerprint density at radius 1 is 1.27 bits per heavy atom. The summed E-state index contributed by atoms with van der Waals surface area (Å²) in [5, 5.41) is 23.0. The number of hydroxylamine groups is 2. The molecule has 1 N–H and O–H groups in total. The Balaban J connectivity index is 1.53. The molecule has 10 heteroatoms. The number of nitrogens with zero attached hydrogens (tertiary/aromatic N) is 4. The number of benzene rings is 1. The fraction of sp³-hybridized carbons (Fsp3) is 0.300. The maximum atomic E-state index is 12.7. The molecule has 0 saturated heterocycles. The number of Topliss-reactive ketones (excluding diaryl/α,β-unsaturated/α-hetero) is 1. The smallest absolute Gasteiger partial charge is 0.232 e. The molecule has 0 saturated carbocycles. The third-order valence-electron chi connectivity index (χ3n) is 5.20. The van der Waals surface area contributed by atoms with Gasteiger partial charge in [-0.25, -0.2) is 4.98 Å². The predicted octanol–water partition coefficient (Wildman–Crippen LogP) is 3.82. The lowest BCUT2D eigenvalue weighted by Gasteiger charge is -2.42. The van der Waals surface area contributed by atoms with Crippen molar-refractivity contribution in [2.45, 2.75) is 32.4 Å². The SMILES string of the molecule is CC1C(=O)c2c(nn(C)c2CC(=O)Nc2nc(-c3ccc(Cl)cc3)cs2)C(C)N1[O-]. The standard InChI is InChI=1S/C20H19ClN5O3S/c1-10-18-17(19(28)11(2)26(10)29)15(25(3)24-18)8-16(27)23-20-22-14(9-30-20)12-4-6-13(21)7-5-12/h4-7,9-11H,8H2,1-3H3,(H,22,23,27)/q-1. The number of nitrogens with one attached hydrogen (secondary N) is 1. The molecule has 1 aromatic carbocycles. The van der Waals surface area contributed by atoms with Crippen molar-refractivity contribution in [1.82, 2.24) is 19.8 Å². The van der Waals surface area contributed by atoms with E-state index in [-0.39, 0.29) is 18.1 Å². The van der Waals surface area contributed by atoms with Gasteiger partial charge in [0.2, 0.25) is 5.91 Å². The highest BCUT2D eigenvalue weighted by Crippen LogP contribution is 2.33. The van der Waals surface area contributed by atoms with Gasteiger partial charge >= 0.3 is 0 Å². The van der Waals surface area contributed by atoms with Gasteiger partial charge < -0.3 is 15.6 Å². The Kier molecular flexibility index (Phi) is 5.46. The van der Waals surface area contributed by atoms with E-state index in [0.29, 0.717) is 27.1 Å². The number of carbonyl (C=O) groups excluding carboxylic acids is 2. The molecule has 30 heavy (non-hydrogen) atoms. The highest BCUT2D eigenvalue weighted by molar-refractivity contribution is 7.14. The van der Waals surface area contributed by atoms with Crippen LogP contribution in [0.15, 0.2) is 29.6 Å². The Labute approximate surface area is 182 Å². The number of hydrogen-bond donors (Lipinski definition) is 1. The number of rotatable bonds is 4. The van der Waals surface area contributed by atoms with Crippen LogP contribution in [0.5, 0.6) is 0 Å². The molecule has 2 aromatic heterocycles. The lowest BCUT2D eigenvalue weighted by atomic mass is 9.93. The summed E-state index contributed by atoms with van der Waals surface area (Å²) in [6.45, 7) is 3.28. The van der Waals surface area contributed by atoms with E-state index in [1.165, 1.54) is 16.0 Å². The summed E-state index contributed by atoms with van der Waals surface area (Å²) in [4.78, 5) is 29.8. The maximum Gasteiger partial charge on any atom is 0.232 e. The van der Waals surface area contributed by atoms with Gasteiger partial charge in [-0.3, -0.25) is 14.3 Å². The van der Waals surface area contributed by atoms with E-state index >= 15 is 0 Å². The molecular weight excluding hydrogens is 426 g/mol. The summed E-state index contributed by atoms with van der Waals surface area (Å²) >= 11 is 7.23. The van der Waals surface area contributed by atoms with Crippen LogP contribution in [0.25, 0.3) is 11.3 Å². The fourth-order valence-electron chi connectivity index (χ4n) is 3.53. The Morgan fingerprint density at radius 2 is 1.97 bits per heavy atom. The number of ketones is 1. The number of hydrogen-bond acceptors (Lipinski definition) is 7. The molecule has 0 radical (unpaired) electrons. The average Bonchev–Trinajstić information content (AvgIpc) is 3.30. The molecular formula is C20H19ClN5O3S-. The third-order valence-corrected chi connectivity index (χ3v) is 6.21. The summed E-state index contributed by atoms with van der Waals surface area (Å²) < 4.78 is 1.51. The first kappa shape index (κ1) is 20.7. The molecule has 0 aliphatic carbocycles. The number of thiazole rings is 1. The number of aryl methyl sites for hydroxylation is 1. The number of aromatic nitrogens is 3. The number of fused-ring (bicyclic) bond motifs is 1. The molecule has 8 nitrogen and oxygen atoms in total. The van der Waals surface area contributed by atoms with Gasteiger partial charge in [-0.15, -0.1) is 11.3 Å². The van der Waals surface area contributed by atoms with E-state index in [1.54, 1.807) is 33.0 Å². The van der Waals surface area contributed by atoms with Gasteiger partial charge in [0.1, 0.15) is 0 Å². The van der Waals surface area contributed by atoms with Gasteiger partial charge in [0.25, 0.3) is 0 Å². The minimum absolute atomic E-state index is 0.0429. The molecule has 156 valence electrons. The van der Waals surface area contributed by atoms with Crippen LogP contribution in [0.1, 0.15) is 41.6 Å².